The maximum Gasteiger partial charge on any atom is 0.192 e. The van der Waals surface area contributed by atoms with Gasteiger partial charge in [-0.3, -0.25) is 4.79 Å². The Kier molecular flexibility index (Phi) is 4.47. The first-order valence-corrected chi connectivity index (χ1v) is 11.2. The molecule has 3 nitrogen and oxygen atoms in total. The van der Waals surface area contributed by atoms with E-state index in [1.54, 1.807) is 0 Å². The van der Waals surface area contributed by atoms with Crippen LogP contribution in [-0.4, -0.2) is 31.9 Å². The highest BCUT2D eigenvalue weighted by molar-refractivity contribution is 6.74. The normalized spacial score (nSPS) is 37.7. The molecule has 0 aromatic rings. The van der Waals surface area contributed by atoms with E-state index in [0.29, 0.717) is 37.1 Å². The molecule has 0 radical (unpaired) electrons. The number of aliphatic hydroxyl groups is 1. The molecule has 122 valence electrons. The van der Waals surface area contributed by atoms with E-state index in [1.807, 2.05) is 0 Å². The van der Waals surface area contributed by atoms with Crippen molar-refractivity contribution >= 4 is 14.1 Å². The van der Waals surface area contributed by atoms with Crippen LogP contribution in [-0.2, 0) is 9.22 Å². The van der Waals surface area contributed by atoms with Gasteiger partial charge in [0.2, 0.25) is 0 Å². The van der Waals surface area contributed by atoms with Gasteiger partial charge in [0.15, 0.2) is 8.32 Å². The van der Waals surface area contributed by atoms with Crippen molar-refractivity contribution in [1.29, 1.82) is 0 Å². The van der Waals surface area contributed by atoms with Crippen LogP contribution in [0.15, 0.2) is 0 Å². The van der Waals surface area contributed by atoms with Crippen molar-refractivity contribution in [3.05, 3.63) is 0 Å². The number of aliphatic hydroxyl groups excluding tert-OH is 1. The molecular formula is C17H32O3Si. The van der Waals surface area contributed by atoms with Crippen molar-refractivity contribution in [1.82, 2.24) is 0 Å². The van der Waals surface area contributed by atoms with Gasteiger partial charge in [0.05, 0.1) is 11.5 Å². The summed E-state index contributed by atoms with van der Waals surface area (Å²) in [6.07, 6.45) is 2.77. The van der Waals surface area contributed by atoms with Gasteiger partial charge < -0.3 is 9.53 Å². The Hall–Kier alpha value is -0.193. The molecule has 4 heteroatoms. The van der Waals surface area contributed by atoms with Gasteiger partial charge in [-0.2, -0.15) is 0 Å². The Labute approximate surface area is 130 Å². The number of fused-ring (bicyclic) bond motifs is 1. The van der Waals surface area contributed by atoms with Gasteiger partial charge >= 0.3 is 0 Å². The largest absolute Gasteiger partial charge is 0.416 e. The van der Waals surface area contributed by atoms with Crippen LogP contribution in [0.25, 0.3) is 0 Å². The predicted molar refractivity (Wildman–Crippen MR) is 87.7 cm³/mol. The van der Waals surface area contributed by atoms with Crippen molar-refractivity contribution in [2.75, 3.05) is 6.61 Å². The first kappa shape index (κ1) is 17.2. The third kappa shape index (κ3) is 3.13. The van der Waals surface area contributed by atoms with Crippen LogP contribution < -0.4 is 0 Å². The Morgan fingerprint density at radius 3 is 2.52 bits per heavy atom. The van der Waals surface area contributed by atoms with Crippen molar-refractivity contribution in [2.45, 2.75) is 77.6 Å². The monoisotopic (exact) mass is 312 g/mol. The zero-order chi connectivity index (χ0) is 16.1. The smallest absolute Gasteiger partial charge is 0.192 e. The lowest BCUT2D eigenvalue weighted by molar-refractivity contribution is -0.138. The summed E-state index contributed by atoms with van der Waals surface area (Å²) >= 11 is 0. The van der Waals surface area contributed by atoms with Gasteiger partial charge in [-0.25, -0.2) is 0 Å². The molecule has 4 atom stereocenters. The molecule has 2 fully saturated rings. The minimum absolute atomic E-state index is 0.154. The molecule has 0 amide bonds. The van der Waals surface area contributed by atoms with Crippen LogP contribution >= 0.6 is 0 Å². The fraction of sp³-hybridized carbons (Fsp3) is 0.941. The van der Waals surface area contributed by atoms with Crippen LogP contribution in [0.3, 0.4) is 0 Å². The highest BCUT2D eigenvalue weighted by Gasteiger charge is 2.55. The molecule has 21 heavy (non-hydrogen) atoms. The fourth-order valence-electron chi connectivity index (χ4n) is 3.76. The standard InChI is InChI=1S/C17H32O3Si/c1-12-7-13-9-14(18)10-17(13,15(19)8-12)11-20-21(5,6)16(2,3)4/h12-14,18H,7-11H2,1-6H3/t12-,13+,14+,17+/m1/s1. The summed E-state index contributed by atoms with van der Waals surface area (Å²) in [7, 11) is -1.86. The lowest BCUT2D eigenvalue weighted by Gasteiger charge is -2.44. The first-order chi connectivity index (χ1) is 9.48. The Morgan fingerprint density at radius 2 is 1.95 bits per heavy atom. The van der Waals surface area contributed by atoms with E-state index in [1.165, 1.54) is 0 Å². The van der Waals surface area contributed by atoms with Crippen LogP contribution in [0.5, 0.6) is 0 Å². The number of carbonyl (C=O) groups excluding carboxylic acids is 1. The van der Waals surface area contributed by atoms with E-state index in [2.05, 4.69) is 40.8 Å². The van der Waals surface area contributed by atoms with E-state index in [0.717, 1.165) is 12.8 Å². The molecule has 0 spiro atoms. The molecule has 0 heterocycles. The lowest BCUT2D eigenvalue weighted by atomic mass is 9.65. The number of ketones is 1. The Morgan fingerprint density at radius 1 is 1.33 bits per heavy atom. The summed E-state index contributed by atoms with van der Waals surface area (Å²) in [4.78, 5) is 12.7. The van der Waals surface area contributed by atoms with E-state index in [4.69, 9.17) is 4.43 Å². The Bertz CT molecular complexity index is 413. The number of carbonyl (C=O) groups is 1. The second-order valence-electron chi connectivity index (χ2n) is 8.96. The molecule has 0 aromatic carbocycles. The summed E-state index contributed by atoms with van der Waals surface area (Å²) in [6.45, 7) is 13.8. The molecule has 0 unspecified atom stereocenters. The summed E-state index contributed by atoms with van der Waals surface area (Å²) < 4.78 is 6.40. The topological polar surface area (TPSA) is 46.5 Å². The van der Waals surface area contributed by atoms with Crippen molar-refractivity contribution in [3.63, 3.8) is 0 Å². The SMILES string of the molecule is C[C@H]1CC(=O)[C@]2(CO[Si](C)(C)C(C)(C)C)C[C@@H](O)C[C@@H]2C1. The number of rotatable bonds is 3. The van der Waals surface area contributed by atoms with Crippen LogP contribution in [0.1, 0.15) is 53.4 Å². The lowest BCUT2D eigenvalue weighted by Crippen LogP contribution is -2.49. The molecular weight excluding hydrogens is 280 g/mol. The summed E-state index contributed by atoms with van der Waals surface area (Å²) in [5, 5.41) is 10.3. The van der Waals surface area contributed by atoms with Gasteiger partial charge in [0, 0.05) is 13.0 Å². The van der Waals surface area contributed by atoms with E-state index in [9.17, 15) is 9.90 Å². The molecule has 2 rings (SSSR count). The third-order valence-corrected chi connectivity index (χ3v) is 10.7. The minimum Gasteiger partial charge on any atom is -0.416 e. The highest BCUT2D eigenvalue weighted by atomic mass is 28.4. The quantitative estimate of drug-likeness (QED) is 0.807. The molecule has 0 aromatic heterocycles. The molecule has 2 aliphatic carbocycles. The maximum absolute atomic E-state index is 12.7. The number of Topliss-reactive ketones (excluding diaryl/α,β-unsaturated/α-hetero) is 1. The maximum atomic E-state index is 12.7. The minimum atomic E-state index is -1.86. The highest BCUT2D eigenvalue weighted by Crippen LogP contribution is 2.52. The van der Waals surface area contributed by atoms with Gasteiger partial charge in [-0.05, 0) is 49.2 Å². The molecule has 0 bridgehead atoms. The van der Waals surface area contributed by atoms with Gasteiger partial charge in [-0.1, -0.05) is 27.7 Å². The average Bonchev–Trinajstić information content (AvgIpc) is 2.62. The third-order valence-electron chi connectivity index (χ3n) is 6.21. The van der Waals surface area contributed by atoms with Crippen LogP contribution in [0.2, 0.25) is 18.1 Å². The zero-order valence-corrected chi connectivity index (χ0v) is 15.5. The fourth-order valence-corrected chi connectivity index (χ4v) is 4.81. The van der Waals surface area contributed by atoms with Crippen LogP contribution in [0, 0.1) is 17.3 Å². The van der Waals surface area contributed by atoms with Gasteiger partial charge in [0.1, 0.15) is 5.78 Å². The molecule has 2 saturated carbocycles. The van der Waals surface area contributed by atoms with E-state index < -0.39 is 13.7 Å². The molecule has 0 aliphatic heterocycles. The van der Waals surface area contributed by atoms with Gasteiger partial charge in [0.25, 0.3) is 0 Å². The van der Waals surface area contributed by atoms with Crippen molar-refractivity contribution < 1.29 is 14.3 Å². The molecule has 1 N–H and O–H groups in total. The van der Waals surface area contributed by atoms with Crippen molar-refractivity contribution in [2.24, 2.45) is 17.3 Å². The second-order valence-corrected chi connectivity index (χ2v) is 13.8. The molecule has 0 saturated heterocycles. The summed E-state index contributed by atoms with van der Waals surface area (Å²) in [6, 6.07) is 0. The van der Waals surface area contributed by atoms with Gasteiger partial charge in [-0.15, -0.1) is 0 Å². The first-order valence-electron chi connectivity index (χ1n) is 8.33. The average molecular weight is 313 g/mol. The van der Waals surface area contributed by atoms with Crippen LogP contribution in [0.4, 0.5) is 0 Å². The second kappa shape index (κ2) is 5.46. The van der Waals surface area contributed by atoms with E-state index in [-0.39, 0.29) is 11.1 Å². The number of hydrogen-bond donors (Lipinski definition) is 1. The summed E-state index contributed by atoms with van der Waals surface area (Å²) in [5.74, 6) is 1.10. The summed E-state index contributed by atoms with van der Waals surface area (Å²) in [5.41, 5.74) is -0.401. The predicted octanol–water partition coefficient (Wildman–Crippen LogP) is 3.76. The number of hydrogen-bond acceptors (Lipinski definition) is 3. The van der Waals surface area contributed by atoms with Crippen molar-refractivity contribution in [3.8, 4) is 0 Å². The Balaban J connectivity index is 2.17. The van der Waals surface area contributed by atoms with E-state index >= 15 is 0 Å². The zero-order valence-electron chi connectivity index (χ0n) is 14.5. The molecule has 2 aliphatic rings.